The molecular formula is C43H38N4O11S3. The number of sulfonamides is 1. The number of nitrogens with zero attached hydrogens (tertiary/aromatic N) is 1. The summed E-state index contributed by atoms with van der Waals surface area (Å²) in [6.45, 7) is 10.0. The Labute approximate surface area is 351 Å². The number of para-hydroxylation sites is 1. The first-order valence-electron chi connectivity index (χ1n) is 18.7. The highest BCUT2D eigenvalue weighted by atomic mass is 32.2. The van der Waals surface area contributed by atoms with Crippen LogP contribution in [0.4, 0.5) is 17.1 Å². The van der Waals surface area contributed by atoms with E-state index in [2.05, 4.69) is 20.0 Å². The van der Waals surface area contributed by atoms with Gasteiger partial charge < -0.3 is 15.0 Å². The fourth-order valence-electron chi connectivity index (χ4n) is 8.23. The zero-order chi connectivity index (χ0) is 44.0. The van der Waals surface area contributed by atoms with Gasteiger partial charge in [0, 0.05) is 28.3 Å². The molecule has 15 nitrogen and oxygen atoms in total. The van der Waals surface area contributed by atoms with Crippen LogP contribution >= 0.6 is 0 Å². The molecule has 18 heteroatoms. The molecule has 314 valence electrons. The predicted octanol–water partition coefficient (Wildman–Crippen LogP) is 7.85. The van der Waals surface area contributed by atoms with Crippen molar-refractivity contribution in [1.82, 2.24) is 9.71 Å². The van der Waals surface area contributed by atoms with Crippen molar-refractivity contribution in [1.29, 1.82) is 0 Å². The van der Waals surface area contributed by atoms with Crippen molar-refractivity contribution in [3.8, 4) is 22.6 Å². The van der Waals surface area contributed by atoms with E-state index in [1.54, 1.807) is 30.3 Å². The Morgan fingerprint density at radius 1 is 0.754 bits per heavy atom. The van der Waals surface area contributed by atoms with E-state index in [9.17, 15) is 43.9 Å². The lowest BCUT2D eigenvalue weighted by Crippen LogP contribution is -2.38. The number of aromatic nitrogens is 1. The number of aromatic amines is 1. The van der Waals surface area contributed by atoms with Crippen LogP contribution in [0, 0.1) is 5.41 Å². The van der Waals surface area contributed by atoms with Gasteiger partial charge in [-0.25, -0.2) is 13.4 Å². The summed E-state index contributed by atoms with van der Waals surface area (Å²) in [7, 11) is -13.8. The van der Waals surface area contributed by atoms with E-state index in [0.29, 0.717) is 12.0 Å². The Morgan fingerprint density at radius 3 is 2.07 bits per heavy atom. The average Bonchev–Trinajstić information content (AvgIpc) is 3.15. The molecule has 0 bridgehead atoms. The summed E-state index contributed by atoms with van der Waals surface area (Å²) in [5, 5.41) is 3.16. The van der Waals surface area contributed by atoms with E-state index in [-0.39, 0.29) is 83.4 Å². The van der Waals surface area contributed by atoms with E-state index < -0.39 is 56.8 Å². The van der Waals surface area contributed by atoms with Crippen LogP contribution in [0.3, 0.4) is 0 Å². The third-order valence-corrected chi connectivity index (χ3v) is 13.5. The summed E-state index contributed by atoms with van der Waals surface area (Å²) in [6.07, 6.45) is 0.645. The maximum atomic E-state index is 14.7. The lowest BCUT2D eigenvalue weighted by molar-refractivity contribution is 0.104. The van der Waals surface area contributed by atoms with Gasteiger partial charge in [-0.2, -0.15) is 16.8 Å². The van der Waals surface area contributed by atoms with Crippen LogP contribution in [-0.4, -0.2) is 51.0 Å². The number of hydrogen-bond donors (Lipinski definition) is 5. The van der Waals surface area contributed by atoms with Gasteiger partial charge in [-0.05, 0) is 76.9 Å². The van der Waals surface area contributed by atoms with E-state index in [4.69, 9.17) is 4.74 Å². The number of amidine groups is 1. The van der Waals surface area contributed by atoms with Gasteiger partial charge in [0.2, 0.25) is 0 Å². The maximum Gasteiger partial charge on any atom is 0.298 e. The van der Waals surface area contributed by atoms with E-state index in [1.165, 1.54) is 54.6 Å². The number of H-pyrrole nitrogens is 1. The minimum absolute atomic E-state index is 0.0265. The molecule has 5 N–H and O–H groups in total. The van der Waals surface area contributed by atoms with Gasteiger partial charge >= 0.3 is 0 Å². The molecule has 2 aliphatic rings. The first kappa shape index (κ1) is 41.5. The summed E-state index contributed by atoms with van der Waals surface area (Å²) in [5.74, 6) is -1.39. The first-order chi connectivity index (χ1) is 28.4. The number of pyridine rings is 1. The van der Waals surface area contributed by atoms with Crippen LogP contribution in [0.1, 0.15) is 68.1 Å². The molecule has 0 atom stereocenters. The number of aliphatic imine (C=N–C) groups is 1. The molecule has 61 heavy (non-hydrogen) atoms. The summed E-state index contributed by atoms with van der Waals surface area (Å²) >= 11 is 0. The minimum Gasteiger partial charge on any atom is -0.454 e. The number of ether oxygens (including phenoxy) is 1. The number of carbonyl (C=O) groups excluding carboxylic acids is 1. The molecule has 8 rings (SSSR count). The number of nitrogens with one attached hydrogen (secondary N) is 3. The zero-order valence-corrected chi connectivity index (χ0v) is 35.6. The topological polar surface area (TPSA) is 238 Å². The molecular weight excluding hydrogens is 845 g/mol. The van der Waals surface area contributed by atoms with Gasteiger partial charge in [0.1, 0.15) is 15.5 Å². The second kappa shape index (κ2) is 14.2. The van der Waals surface area contributed by atoms with Crippen LogP contribution in [0.2, 0.25) is 0 Å². The van der Waals surface area contributed by atoms with Crippen molar-refractivity contribution in [2.45, 2.75) is 61.1 Å². The van der Waals surface area contributed by atoms with Gasteiger partial charge in [0.15, 0.2) is 17.4 Å². The van der Waals surface area contributed by atoms with Crippen molar-refractivity contribution in [2.24, 2.45) is 10.4 Å². The molecule has 1 aliphatic carbocycles. The van der Waals surface area contributed by atoms with Crippen molar-refractivity contribution in [3.05, 3.63) is 130 Å². The third kappa shape index (κ3) is 7.61. The Hall–Kier alpha value is -6.18. The van der Waals surface area contributed by atoms with Gasteiger partial charge in [0.25, 0.3) is 35.8 Å². The molecule has 5 aromatic carbocycles. The second-order valence-electron chi connectivity index (χ2n) is 16.6. The van der Waals surface area contributed by atoms with Crippen LogP contribution in [0.5, 0.6) is 11.5 Å². The van der Waals surface area contributed by atoms with Crippen LogP contribution < -0.4 is 20.3 Å². The summed E-state index contributed by atoms with van der Waals surface area (Å²) in [4.78, 5) is 35.4. The molecule has 0 spiro atoms. The Kier molecular flexibility index (Phi) is 9.67. The molecule has 0 saturated carbocycles. The maximum absolute atomic E-state index is 14.7. The van der Waals surface area contributed by atoms with E-state index in [0.717, 1.165) is 12.1 Å². The zero-order valence-electron chi connectivity index (χ0n) is 33.2. The van der Waals surface area contributed by atoms with Gasteiger partial charge in [-0.3, -0.25) is 23.4 Å². The van der Waals surface area contributed by atoms with Crippen molar-refractivity contribution >= 4 is 69.8 Å². The quantitative estimate of drug-likeness (QED) is 0.0872. The highest BCUT2D eigenvalue weighted by Gasteiger charge is 2.37. The lowest BCUT2D eigenvalue weighted by Gasteiger charge is -2.33. The average molecular weight is 883 g/mol. The normalized spacial score (nSPS) is 14.7. The lowest BCUT2D eigenvalue weighted by atomic mass is 9.72. The Balaban J connectivity index is 1.43. The fourth-order valence-corrected chi connectivity index (χ4v) is 10.5. The van der Waals surface area contributed by atoms with Gasteiger partial charge in [-0.1, -0.05) is 77.1 Å². The first-order valence-corrected chi connectivity index (χ1v) is 23.1. The smallest absolute Gasteiger partial charge is 0.298 e. The molecule has 1 aliphatic heterocycles. The minimum atomic E-state index is -4.95. The highest BCUT2D eigenvalue weighted by Crippen LogP contribution is 2.48. The van der Waals surface area contributed by atoms with Crippen molar-refractivity contribution in [3.63, 3.8) is 0 Å². The van der Waals surface area contributed by atoms with E-state index >= 15 is 0 Å². The molecule has 0 saturated heterocycles. The summed E-state index contributed by atoms with van der Waals surface area (Å²) in [5.41, 5.74) is -0.514. The number of benzene rings is 5. The van der Waals surface area contributed by atoms with Crippen LogP contribution in [-0.2, 0) is 35.7 Å². The SMILES string of the molecule is CC(C)(C)CC(C)(C)c1ccc(Oc2cc(Nc3ccc(S(=O)(=O)O)cc3)c3c4c(c(C5=Nc6ccccc6S(=O)(=O)N5)c(=O)[nH]c24)-c2ccccc2C3=O)c(S(=O)(=O)O)c1. The summed E-state index contributed by atoms with van der Waals surface area (Å²) in [6, 6.07) is 23.0. The molecule has 0 unspecified atom stereocenters. The molecule has 2 heterocycles. The predicted molar refractivity (Wildman–Crippen MR) is 229 cm³/mol. The number of fused-ring (bicyclic) bond motifs is 3. The third-order valence-electron chi connectivity index (χ3n) is 10.4. The van der Waals surface area contributed by atoms with Crippen molar-refractivity contribution in [2.75, 3.05) is 5.32 Å². The number of hydrogen-bond acceptors (Lipinski definition) is 11. The van der Waals surface area contributed by atoms with Gasteiger partial charge in [0.05, 0.1) is 32.9 Å². The Bertz CT molecular complexity index is 3320. The molecule has 0 fully saturated rings. The molecule has 1 aromatic heterocycles. The largest absolute Gasteiger partial charge is 0.454 e. The van der Waals surface area contributed by atoms with Crippen LogP contribution in [0.25, 0.3) is 22.0 Å². The van der Waals surface area contributed by atoms with Crippen molar-refractivity contribution < 1.29 is 43.9 Å². The summed E-state index contributed by atoms with van der Waals surface area (Å²) < 4.78 is 106. The number of rotatable bonds is 9. The molecule has 0 radical (unpaired) electrons. The van der Waals surface area contributed by atoms with Crippen LogP contribution in [0.15, 0.2) is 122 Å². The molecule has 0 amide bonds. The number of ketones is 1. The van der Waals surface area contributed by atoms with Gasteiger partial charge in [-0.15, -0.1) is 0 Å². The highest BCUT2D eigenvalue weighted by molar-refractivity contribution is 7.90. The number of carbonyl (C=O) groups is 1. The molecule has 6 aromatic rings. The van der Waals surface area contributed by atoms with E-state index in [1.807, 2.05) is 34.6 Å². The fraction of sp³-hybridized carbons (Fsp3) is 0.186. The number of anilines is 2. The second-order valence-corrected chi connectivity index (χ2v) is 21.1. The Morgan fingerprint density at radius 2 is 1.41 bits per heavy atom. The monoisotopic (exact) mass is 882 g/mol. The standard InChI is InChI=1S/C43H38N4O11S3/c1-42(2,3)22-43(4,5)23-14-19-30(33(20-23)61(55,56)57)58-31-21-29(44-24-15-17-25(18-16-24)60(52,53)54)35-36-34(26-10-6-7-11-27(26)39(35)48)37(41(49)46-38(31)36)40-45-28-12-8-9-13-32(28)59(50,51)47-40/h6-21,44H,22H2,1-5H3,(H,45,47)(H,46,49)(H,52,53,54)(H,55,56,57).